The third-order valence-corrected chi connectivity index (χ3v) is 3.45. The van der Waals surface area contributed by atoms with Gasteiger partial charge in [-0.3, -0.25) is 0 Å². The van der Waals surface area contributed by atoms with Gasteiger partial charge in [0.05, 0.1) is 7.11 Å². The highest BCUT2D eigenvalue weighted by atomic mass is 79.9. The average Bonchev–Trinajstić information content (AvgIpc) is 2.55. The van der Waals surface area contributed by atoms with Gasteiger partial charge < -0.3 is 9.15 Å². The normalized spacial score (nSPS) is 9.81. The van der Waals surface area contributed by atoms with Gasteiger partial charge in [-0.1, -0.05) is 52.3 Å². The van der Waals surface area contributed by atoms with E-state index in [1.54, 1.807) is 13.2 Å². The van der Waals surface area contributed by atoms with Crippen LogP contribution in [0.5, 0.6) is 5.75 Å². The van der Waals surface area contributed by atoms with E-state index in [0.717, 1.165) is 10.9 Å². The molecule has 0 saturated carbocycles. The molecule has 1 aromatic heterocycles. The van der Waals surface area contributed by atoms with E-state index < -0.39 is 0 Å². The molecular formula is C17H15BrO3. The van der Waals surface area contributed by atoms with Crippen LogP contribution in [0.1, 0.15) is 5.56 Å². The first-order valence-corrected chi connectivity index (χ1v) is 7.53. The minimum Gasteiger partial charge on any atom is -0.497 e. The van der Waals surface area contributed by atoms with Crippen LogP contribution in [-0.2, 0) is 5.33 Å². The van der Waals surface area contributed by atoms with E-state index in [4.69, 9.17) is 9.15 Å². The molecule has 0 bridgehead atoms. The summed E-state index contributed by atoms with van der Waals surface area (Å²) >= 11 is 3.34. The Kier molecular flexibility index (Phi) is 5.58. The van der Waals surface area contributed by atoms with Crippen molar-refractivity contribution < 1.29 is 9.15 Å². The summed E-state index contributed by atoms with van der Waals surface area (Å²) in [7, 11) is 1.58. The molecule has 3 aromatic rings. The fraction of sp³-hybridized carbons (Fsp3) is 0.118. The zero-order valence-corrected chi connectivity index (χ0v) is 13.2. The SMILES string of the molecule is COc1ccc2c(CBr)cc(=O)oc2c1.c1ccccc1. The summed E-state index contributed by atoms with van der Waals surface area (Å²) < 4.78 is 10.2. The summed E-state index contributed by atoms with van der Waals surface area (Å²) in [6, 6.07) is 18.9. The van der Waals surface area contributed by atoms with Crippen molar-refractivity contribution in [1.29, 1.82) is 0 Å². The molecule has 0 aliphatic heterocycles. The van der Waals surface area contributed by atoms with Gasteiger partial charge >= 0.3 is 5.63 Å². The van der Waals surface area contributed by atoms with Crippen LogP contribution in [-0.4, -0.2) is 7.11 Å². The van der Waals surface area contributed by atoms with Gasteiger partial charge in [-0.15, -0.1) is 0 Å². The molecule has 0 fully saturated rings. The van der Waals surface area contributed by atoms with Gasteiger partial charge in [0.1, 0.15) is 11.3 Å². The first kappa shape index (κ1) is 15.3. The lowest BCUT2D eigenvalue weighted by Crippen LogP contribution is -1.99. The maximum atomic E-state index is 11.2. The van der Waals surface area contributed by atoms with Gasteiger partial charge in [-0.2, -0.15) is 0 Å². The fourth-order valence-corrected chi connectivity index (χ4v) is 2.30. The van der Waals surface area contributed by atoms with Crippen LogP contribution in [0.25, 0.3) is 11.0 Å². The molecule has 3 nitrogen and oxygen atoms in total. The Hall–Kier alpha value is -2.07. The molecule has 2 aromatic carbocycles. The highest BCUT2D eigenvalue weighted by Crippen LogP contribution is 2.23. The van der Waals surface area contributed by atoms with Gasteiger partial charge in [0.2, 0.25) is 0 Å². The quantitative estimate of drug-likeness (QED) is 0.510. The summed E-state index contributed by atoms with van der Waals surface area (Å²) in [6.45, 7) is 0. The minimum atomic E-state index is -0.342. The van der Waals surface area contributed by atoms with Crippen molar-refractivity contribution in [2.24, 2.45) is 0 Å². The first-order valence-electron chi connectivity index (χ1n) is 6.41. The number of rotatable bonds is 2. The van der Waals surface area contributed by atoms with Gasteiger partial charge in [-0.25, -0.2) is 4.79 Å². The third-order valence-electron chi connectivity index (χ3n) is 2.85. The van der Waals surface area contributed by atoms with Gasteiger partial charge in [0, 0.05) is 22.8 Å². The van der Waals surface area contributed by atoms with E-state index in [0.29, 0.717) is 16.7 Å². The minimum absolute atomic E-state index is 0.342. The Labute approximate surface area is 131 Å². The molecule has 0 radical (unpaired) electrons. The molecule has 21 heavy (non-hydrogen) atoms. The first-order chi connectivity index (χ1) is 10.2. The Morgan fingerprint density at radius 2 is 1.67 bits per heavy atom. The Balaban J connectivity index is 0.000000225. The van der Waals surface area contributed by atoms with E-state index >= 15 is 0 Å². The average molecular weight is 347 g/mol. The van der Waals surface area contributed by atoms with Crippen molar-refractivity contribution in [3.05, 3.63) is 76.6 Å². The zero-order chi connectivity index (χ0) is 15.1. The molecule has 0 unspecified atom stereocenters. The maximum Gasteiger partial charge on any atom is 0.336 e. The van der Waals surface area contributed by atoms with Crippen LogP contribution in [0.2, 0.25) is 0 Å². The van der Waals surface area contributed by atoms with Crippen molar-refractivity contribution in [1.82, 2.24) is 0 Å². The van der Waals surface area contributed by atoms with E-state index in [1.165, 1.54) is 6.07 Å². The predicted molar refractivity (Wildman–Crippen MR) is 88.1 cm³/mol. The molecule has 0 N–H and O–H groups in total. The standard InChI is InChI=1S/C11H9BrO3.C6H6/c1-14-8-2-3-9-7(6-12)4-11(13)15-10(9)5-8;1-2-4-6-5-3-1/h2-5H,6H2,1H3;1-6H. The Bertz CT molecular complexity index is 724. The van der Waals surface area contributed by atoms with Crippen LogP contribution in [0.4, 0.5) is 0 Å². The number of benzene rings is 2. The molecule has 0 amide bonds. The van der Waals surface area contributed by atoms with Crippen molar-refractivity contribution in [3.8, 4) is 5.75 Å². The number of methoxy groups -OCH3 is 1. The molecule has 0 saturated heterocycles. The summed E-state index contributed by atoms with van der Waals surface area (Å²) in [5, 5.41) is 1.55. The summed E-state index contributed by atoms with van der Waals surface area (Å²) in [4.78, 5) is 11.2. The van der Waals surface area contributed by atoms with Crippen molar-refractivity contribution >= 4 is 26.9 Å². The molecular weight excluding hydrogens is 332 g/mol. The van der Waals surface area contributed by atoms with Crippen LogP contribution in [0.3, 0.4) is 0 Å². The van der Waals surface area contributed by atoms with Crippen molar-refractivity contribution in [2.75, 3.05) is 7.11 Å². The maximum absolute atomic E-state index is 11.2. The van der Waals surface area contributed by atoms with E-state index in [1.807, 2.05) is 48.5 Å². The molecule has 1 heterocycles. The van der Waals surface area contributed by atoms with E-state index in [2.05, 4.69) is 15.9 Å². The number of ether oxygens (including phenoxy) is 1. The molecule has 0 aliphatic carbocycles. The second kappa shape index (κ2) is 7.64. The summed E-state index contributed by atoms with van der Waals surface area (Å²) in [5.74, 6) is 0.678. The monoisotopic (exact) mass is 346 g/mol. The van der Waals surface area contributed by atoms with Gasteiger partial charge in [-0.05, 0) is 17.7 Å². The Morgan fingerprint density at radius 1 is 1.05 bits per heavy atom. The second-order valence-electron chi connectivity index (χ2n) is 4.24. The number of alkyl halides is 1. The lowest BCUT2D eigenvalue weighted by molar-refractivity contribution is 0.414. The molecule has 0 atom stereocenters. The smallest absolute Gasteiger partial charge is 0.336 e. The number of hydrogen-bond donors (Lipinski definition) is 0. The third kappa shape index (κ3) is 4.20. The zero-order valence-electron chi connectivity index (χ0n) is 11.6. The van der Waals surface area contributed by atoms with Crippen LogP contribution >= 0.6 is 15.9 Å². The molecule has 4 heteroatoms. The van der Waals surface area contributed by atoms with Crippen LogP contribution in [0.15, 0.2) is 69.9 Å². The largest absolute Gasteiger partial charge is 0.497 e. The Morgan fingerprint density at radius 3 is 2.19 bits per heavy atom. The molecule has 108 valence electrons. The lowest BCUT2D eigenvalue weighted by atomic mass is 10.1. The van der Waals surface area contributed by atoms with E-state index in [-0.39, 0.29) is 5.63 Å². The number of hydrogen-bond acceptors (Lipinski definition) is 3. The van der Waals surface area contributed by atoms with Crippen LogP contribution in [0, 0.1) is 0 Å². The summed E-state index contributed by atoms with van der Waals surface area (Å²) in [5.41, 5.74) is 1.13. The van der Waals surface area contributed by atoms with Crippen molar-refractivity contribution in [3.63, 3.8) is 0 Å². The second-order valence-corrected chi connectivity index (χ2v) is 4.80. The van der Waals surface area contributed by atoms with Crippen LogP contribution < -0.4 is 10.4 Å². The highest BCUT2D eigenvalue weighted by Gasteiger charge is 2.05. The highest BCUT2D eigenvalue weighted by molar-refractivity contribution is 9.08. The van der Waals surface area contributed by atoms with Gasteiger partial charge in [0.25, 0.3) is 0 Å². The van der Waals surface area contributed by atoms with Crippen molar-refractivity contribution in [2.45, 2.75) is 5.33 Å². The summed E-state index contributed by atoms with van der Waals surface area (Å²) in [6.07, 6.45) is 0. The molecule has 0 aliphatic rings. The lowest BCUT2D eigenvalue weighted by Gasteiger charge is -2.04. The topological polar surface area (TPSA) is 39.4 Å². The number of fused-ring (bicyclic) bond motifs is 1. The molecule has 0 spiro atoms. The molecule has 3 rings (SSSR count). The van der Waals surface area contributed by atoms with E-state index in [9.17, 15) is 4.79 Å². The predicted octanol–water partition coefficient (Wildman–Crippen LogP) is 4.38. The fourth-order valence-electron chi connectivity index (χ4n) is 1.83. The van der Waals surface area contributed by atoms with Gasteiger partial charge in [0.15, 0.2) is 0 Å². The number of halogens is 1.